The topological polar surface area (TPSA) is 39.1 Å². The van der Waals surface area contributed by atoms with Gasteiger partial charge in [0.15, 0.2) is 0 Å². The number of likely N-dealkylation sites (N-methyl/N-ethyl adjacent to an activating group) is 1. The summed E-state index contributed by atoms with van der Waals surface area (Å²) in [6.07, 6.45) is 2.13. The number of para-hydroxylation sites is 2. The fourth-order valence-electron chi connectivity index (χ4n) is 2.90. The molecule has 0 saturated carbocycles. The number of hydrogen-bond acceptors (Lipinski definition) is 3. The second kappa shape index (κ2) is 7.57. The van der Waals surface area contributed by atoms with Crippen molar-refractivity contribution in [1.29, 1.82) is 0 Å². The summed E-state index contributed by atoms with van der Waals surface area (Å²) in [4.78, 5) is 4.78. The average molecular weight is 289 g/mol. The molecule has 2 rings (SSSR count). The third kappa shape index (κ3) is 3.63. The number of ether oxygens (including phenoxy) is 1. The summed E-state index contributed by atoms with van der Waals surface area (Å²) in [5.74, 6) is 1.11. The molecule has 21 heavy (non-hydrogen) atoms. The van der Waals surface area contributed by atoms with E-state index in [1.54, 1.807) is 0 Å². The first kappa shape index (κ1) is 16.0. The minimum atomic E-state index is 0.231. The van der Waals surface area contributed by atoms with E-state index in [4.69, 9.17) is 9.72 Å². The molecule has 1 aromatic carbocycles. The van der Waals surface area contributed by atoms with Crippen LogP contribution in [0.4, 0.5) is 0 Å². The Hall–Kier alpha value is -1.39. The lowest BCUT2D eigenvalue weighted by Crippen LogP contribution is -2.43. The minimum Gasteiger partial charge on any atom is -0.377 e. The maximum atomic E-state index is 5.89. The maximum absolute atomic E-state index is 5.89. The van der Waals surface area contributed by atoms with E-state index in [0.29, 0.717) is 6.04 Å². The van der Waals surface area contributed by atoms with Crippen LogP contribution in [0.1, 0.15) is 33.0 Å². The van der Waals surface area contributed by atoms with Crippen molar-refractivity contribution >= 4 is 11.0 Å². The molecule has 0 amide bonds. The fourth-order valence-corrected chi connectivity index (χ4v) is 2.90. The Balaban J connectivity index is 2.23. The summed E-state index contributed by atoms with van der Waals surface area (Å²) < 4.78 is 8.09. The summed E-state index contributed by atoms with van der Waals surface area (Å²) in [5, 5.41) is 3.56. The normalized spacial score (nSPS) is 14.5. The van der Waals surface area contributed by atoms with Gasteiger partial charge in [-0.1, -0.05) is 26.0 Å². The molecule has 0 radical (unpaired) electrons. The summed E-state index contributed by atoms with van der Waals surface area (Å²) in [7, 11) is 2.09. The largest absolute Gasteiger partial charge is 0.377 e. The zero-order valence-electron chi connectivity index (χ0n) is 13.6. The van der Waals surface area contributed by atoms with Gasteiger partial charge in [-0.3, -0.25) is 0 Å². The summed E-state index contributed by atoms with van der Waals surface area (Å²) in [5.41, 5.74) is 2.25. The van der Waals surface area contributed by atoms with Crippen LogP contribution in [-0.2, 0) is 18.2 Å². The lowest BCUT2D eigenvalue weighted by Gasteiger charge is -2.26. The molecular formula is C17H27N3O. The molecule has 0 aliphatic carbocycles. The van der Waals surface area contributed by atoms with Gasteiger partial charge in [0.25, 0.3) is 0 Å². The molecule has 2 atom stereocenters. The molecule has 0 aliphatic heterocycles. The predicted molar refractivity (Wildman–Crippen MR) is 87.6 cm³/mol. The lowest BCUT2D eigenvalue weighted by molar-refractivity contribution is 0.0317. The van der Waals surface area contributed by atoms with E-state index < -0.39 is 0 Å². The number of imidazole rings is 1. The zero-order chi connectivity index (χ0) is 15.2. The van der Waals surface area contributed by atoms with Crippen LogP contribution in [0.5, 0.6) is 0 Å². The number of nitrogens with one attached hydrogen (secondary N) is 1. The third-order valence-electron chi connectivity index (χ3n) is 3.98. The molecule has 0 fully saturated rings. The van der Waals surface area contributed by atoms with E-state index in [9.17, 15) is 0 Å². The molecule has 0 bridgehead atoms. The molecule has 1 heterocycles. The Morgan fingerprint density at radius 2 is 2.00 bits per heavy atom. The van der Waals surface area contributed by atoms with Crippen LogP contribution < -0.4 is 5.32 Å². The molecule has 4 nitrogen and oxygen atoms in total. The molecule has 2 unspecified atom stereocenters. The van der Waals surface area contributed by atoms with Gasteiger partial charge in [0.2, 0.25) is 0 Å². The van der Waals surface area contributed by atoms with Gasteiger partial charge in [-0.15, -0.1) is 0 Å². The minimum absolute atomic E-state index is 0.231. The van der Waals surface area contributed by atoms with E-state index >= 15 is 0 Å². The van der Waals surface area contributed by atoms with Gasteiger partial charge >= 0.3 is 0 Å². The molecule has 116 valence electrons. The first-order valence-electron chi connectivity index (χ1n) is 7.96. The first-order valence-corrected chi connectivity index (χ1v) is 7.96. The monoisotopic (exact) mass is 289 g/mol. The van der Waals surface area contributed by atoms with Crippen molar-refractivity contribution in [2.75, 3.05) is 13.2 Å². The van der Waals surface area contributed by atoms with Crippen LogP contribution >= 0.6 is 0 Å². The number of nitrogens with zero attached hydrogens (tertiary/aromatic N) is 2. The number of rotatable bonds is 8. The molecule has 0 saturated heterocycles. The third-order valence-corrected chi connectivity index (χ3v) is 3.98. The molecule has 1 aromatic heterocycles. The number of aryl methyl sites for hydroxylation is 1. The highest BCUT2D eigenvalue weighted by molar-refractivity contribution is 5.75. The Morgan fingerprint density at radius 1 is 1.24 bits per heavy atom. The quantitative estimate of drug-likeness (QED) is 0.812. The highest BCUT2D eigenvalue weighted by atomic mass is 16.5. The molecule has 0 spiro atoms. The standard InChI is InChI=1S/C17H27N3O/c1-5-16(21-7-3)14(18-6-2)12-17-19-13-10-8-9-11-15(13)20(17)4/h8-11,14,16,18H,5-7,12H2,1-4H3. The number of aromatic nitrogens is 2. The van der Waals surface area contributed by atoms with Crippen LogP contribution in [-0.4, -0.2) is 34.8 Å². The van der Waals surface area contributed by atoms with Crippen molar-refractivity contribution in [3.63, 3.8) is 0 Å². The maximum Gasteiger partial charge on any atom is 0.111 e. The van der Waals surface area contributed by atoms with Crippen molar-refractivity contribution in [2.24, 2.45) is 7.05 Å². The molecular weight excluding hydrogens is 262 g/mol. The van der Waals surface area contributed by atoms with Crippen molar-refractivity contribution in [3.05, 3.63) is 30.1 Å². The van der Waals surface area contributed by atoms with Gasteiger partial charge < -0.3 is 14.6 Å². The van der Waals surface area contributed by atoms with Gasteiger partial charge in [-0.25, -0.2) is 4.98 Å². The van der Waals surface area contributed by atoms with Crippen molar-refractivity contribution in [1.82, 2.24) is 14.9 Å². The second-order valence-electron chi connectivity index (χ2n) is 5.35. The highest BCUT2D eigenvalue weighted by Crippen LogP contribution is 2.17. The van der Waals surface area contributed by atoms with Gasteiger partial charge in [0.05, 0.1) is 17.1 Å². The summed E-state index contributed by atoms with van der Waals surface area (Å²) >= 11 is 0. The van der Waals surface area contributed by atoms with E-state index in [2.05, 4.69) is 55.9 Å². The second-order valence-corrected chi connectivity index (χ2v) is 5.35. The molecule has 1 N–H and O–H groups in total. The van der Waals surface area contributed by atoms with Crippen LogP contribution in [0, 0.1) is 0 Å². The van der Waals surface area contributed by atoms with E-state index in [-0.39, 0.29) is 6.10 Å². The van der Waals surface area contributed by atoms with Crippen molar-refractivity contribution in [3.8, 4) is 0 Å². The Morgan fingerprint density at radius 3 is 2.62 bits per heavy atom. The average Bonchev–Trinajstić information content (AvgIpc) is 2.81. The van der Waals surface area contributed by atoms with Crippen LogP contribution in [0.2, 0.25) is 0 Å². The van der Waals surface area contributed by atoms with Gasteiger partial charge in [-0.05, 0) is 32.0 Å². The number of fused-ring (bicyclic) bond motifs is 1. The summed E-state index contributed by atoms with van der Waals surface area (Å²) in [6, 6.07) is 8.59. The fraction of sp³-hybridized carbons (Fsp3) is 0.588. The van der Waals surface area contributed by atoms with E-state index in [1.165, 1.54) is 5.52 Å². The van der Waals surface area contributed by atoms with Crippen LogP contribution in [0.3, 0.4) is 0 Å². The Labute approximate surface area is 127 Å². The number of benzene rings is 1. The summed E-state index contributed by atoms with van der Waals surface area (Å²) in [6.45, 7) is 8.07. The van der Waals surface area contributed by atoms with Gasteiger partial charge in [-0.2, -0.15) is 0 Å². The Kier molecular flexibility index (Phi) is 5.76. The lowest BCUT2D eigenvalue weighted by atomic mass is 10.0. The molecule has 4 heteroatoms. The first-order chi connectivity index (χ1) is 10.2. The van der Waals surface area contributed by atoms with Crippen molar-refractivity contribution < 1.29 is 4.74 Å². The molecule has 2 aromatic rings. The molecule has 0 aliphatic rings. The number of hydrogen-bond donors (Lipinski definition) is 1. The smallest absolute Gasteiger partial charge is 0.111 e. The van der Waals surface area contributed by atoms with Crippen LogP contribution in [0.25, 0.3) is 11.0 Å². The van der Waals surface area contributed by atoms with E-state index in [0.717, 1.165) is 37.3 Å². The van der Waals surface area contributed by atoms with Gasteiger partial charge in [0, 0.05) is 26.1 Å². The zero-order valence-corrected chi connectivity index (χ0v) is 13.6. The SMILES string of the molecule is CCNC(Cc1nc2ccccc2n1C)C(CC)OCC. The van der Waals surface area contributed by atoms with Gasteiger partial charge in [0.1, 0.15) is 5.82 Å². The predicted octanol–water partition coefficient (Wildman–Crippen LogP) is 2.91. The highest BCUT2D eigenvalue weighted by Gasteiger charge is 2.22. The van der Waals surface area contributed by atoms with Crippen molar-refractivity contribution in [2.45, 2.75) is 45.8 Å². The van der Waals surface area contributed by atoms with E-state index in [1.807, 2.05) is 6.07 Å². The van der Waals surface area contributed by atoms with Crippen LogP contribution in [0.15, 0.2) is 24.3 Å². The Bertz CT molecular complexity index is 564.